The molecule has 0 atom stereocenters. The number of benzene rings is 1. The minimum Gasteiger partial charge on any atom is -0.352 e. The van der Waals surface area contributed by atoms with Crippen LogP contribution in [0.15, 0.2) is 29.3 Å². The van der Waals surface area contributed by atoms with E-state index < -0.39 is 0 Å². The van der Waals surface area contributed by atoms with Crippen LogP contribution in [0, 0.1) is 0 Å². The molecule has 0 spiro atoms. The van der Waals surface area contributed by atoms with Gasteiger partial charge in [0.1, 0.15) is 5.82 Å². The Morgan fingerprint density at radius 1 is 1.17 bits per heavy atom. The summed E-state index contributed by atoms with van der Waals surface area (Å²) in [6.07, 6.45) is 3.42. The predicted octanol–water partition coefficient (Wildman–Crippen LogP) is 2.75. The van der Waals surface area contributed by atoms with Gasteiger partial charge in [-0.25, -0.2) is 0 Å². The SMILES string of the molecule is CN=C(NCc1ccc(Cl)cc1)NCc1nnc2n1CCCC2.I. The van der Waals surface area contributed by atoms with Crippen molar-refractivity contribution < 1.29 is 0 Å². The molecule has 6 nitrogen and oxygen atoms in total. The van der Waals surface area contributed by atoms with Gasteiger partial charge in [-0.05, 0) is 30.5 Å². The zero-order chi connectivity index (χ0) is 16.1. The molecule has 8 heteroatoms. The third-order valence-electron chi connectivity index (χ3n) is 3.95. The van der Waals surface area contributed by atoms with Gasteiger partial charge in [0, 0.05) is 31.6 Å². The average Bonchev–Trinajstić information content (AvgIpc) is 3.00. The van der Waals surface area contributed by atoms with Crippen LogP contribution in [0.25, 0.3) is 0 Å². The molecule has 2 aromatic rings. The molecule has 0 fully saturated rings. The largest absolute Gasteiger partial charge is 0.352 e. The van der Waals surface area contributed by atoms with Crippen molar-refractivity contribution in [3.05, 3.63) is 46.5 Å². The van der Waals surface area contributed by atoms with Gasteiger partial charge in [0.15, 0.2) is 11.8 Å². The van der Waals surface area contributed by atoms with Crippen LogP contribution < -0.4 is 10.6 Å². The van der Waals surface area contributed by atoms with E-state index in [9.17, 15) is 0 Å². The first kappa shape index (κ1) is 19.0. The Hall–Kier alpha value is -1.35. The molecular weight excluding hydrogens is 439 g/mol. The van der Waals surface area contributed by atoms with Crippen molar-refractivity contribution in [1.82, 2.24) is 25.4 Å². The first-order chi connectivity index (χ1) is 11.3. The van der Waals surface area contributed by atoms with E-state index in [4.69, 9.17) is 11.6 Å². The number of halogens is 2. The zero-order valence-electron chi connectivity index (χ0n) is 13.6. The lowest BCUT2D eigenvalue weighted by Gasteiger charge is -2.16. The number of guanidine groups is 1. The molecule has 0 amide bonds. The maximum absolute atomic E-state index is 5.89. The lowest BCUT2D eigenvalue weighted by Crippen LogP contribution is -2.37. The molecule has 0 saturated heterocycles. The molecule has 24 heavy (non-hydrogen) atoms. The second-order valence-corrected chi connectivity index (χ2v) is 5.98. The van der Waals surface area contributed by atoms with Gasteiger partial charge in [0.2, 0.25) is 0 Å². The van der Waals surface area contributed by atoms with Crippen LogP contribution in [0.1, 0.15) is 30.1 Å². The van der Waals surface area contributed by atoms with E-state index in [1.54, 1.807) is 7.05 Å². The molecule has 0 unspecified atom stereocenters. The van der Waals surface area contributed by atoms with Gasteiger partial charge in [-0.1, -0.05) is 23.7 Å². The van der Waals surface area contributed by atoms with Gasteiger partial charge >= 0.3 is 0 Å². The fourth-order valence-electron chi connectivity index (χ4n) is 2.67. The van der Waals surface area contributed by atoms with Crippen molar-refractivity contribution >= 4 is 41.5 Å². The second-order valence-electron chi connectivity index (χ2n) is 5.55. The van der Waals surface area contributed by atoms with Gasteiger partial charge in [-0.15, -0.1) is 34.2 Å². The summed E-state index contributed by atoms with van der Waals surface area (Å²) >= 11 is 5.89. The molecule has 0 radical (unpaired) electrons. The van der Waals surface area contributed by atoms with Crippen molar-refractivity contribution in [3.63, 3.8) is 0 Å². The molecule has 1 aliphatic heterocycles. The Balaban J connectivity index is 0.00000208. The molecular formula is C16H22ClIN6. The van der Waals surface area contributed by atoms with Crippen LogP contribution >= 0.6 is 35.6 Å². The molecule has 2 N–H and O–H groups in total. The maximum atomic E-state index is 5.89. The monoisotopic (exact) mass is 460 g/mol. The molecule has 130 valence electrons. The van der Waals surface area contributed by atoms with Crippen molar-refractivity contribution in [2.45, 2.75) is 38.9 Å². The quantitative estimate of drug-likeness (QED) is 0.418. The summed E-state index contributed by atoms with van der Waals surface area (Å²) in [5.41, 5.74) is 1.15. The number of rotatable bonds is 4. The Kier molecular flexibility index (Phi) is 7.29. The summed E-state index contributed by atoms with van der Waals surface area (Å²) in [6, 6.07) is 7.77. The van der Waals surface area contributed by atoms with Crippen LogP contribution in [0.5, 0.6) is 0 Å². The predicted molar refractivity (Wildman–Crippen MR) is 107 cm³/mol. The Labute approximate surface area is 164 Å². The maximum Gasteiger partial charge on any atom is 0.191 e. The Morgan fingerprint density at radius 3 is 2.67 bits per heavy atom. The van der Waals surface area contributed by atoms with Crippen LogP contribution in [0.2, 0.25) is 5.02 Å². The fourth-order valence-corrected chi connectivity index (χ4v) is 2.80. The highest BCUT2D eigenvalue weighted by atomic mass is 127. The topological polar surface area (TPSA) is 67.1 Å². The lowest BCUT2D eigenvalue weighted by atomic mass is 10.2. The number of hydrogen-bond acceptors (Lipinski definition) is 3. The summed E-state index contributed by atoms with van der Waals surface area (Å²) in [5, 5.41) is 15.9. The average molecular weight is 461 g/mol. The first-order valence-electron chi connectivity index (χ1n) is 7.86. The molecule has 1 aromatic carbocycles. The number of aromatic nitrogens is 3. The zero-order valence-corrected chi connectivity index (χ0v) is 16.7. The van der Waals surface area contributed by atoms with Gasteiger partial charge in [-0.2, -0.15) is 0 Å². The van der Waals surface area contributed by atoms with E-state index in [-0.39, 0.29) is 24.0 Å². The van der Waals surface area contributed by atoms with E-state index in [1.165, 1.54) is 12.8 Å². The van der Waals surface area contributed by atoms with E-state index in [1.807, 2.05) is 24.3 Å². The number of hydrogen-bond donors (Lipinski definition) is 2. The second kappa shape index (κ2) is 9.22. The minimum absolute atomic E-state index is 0. The standard InChI is InChI=1S/C16H21ClN6.HI/c1-18-16(19-10-12-5-7-13(17)8-6-12)20-11-15-22-21-14-4-2-3-9-23(14)15;/h5-8H,2-4,9-11H2,1H3,(H2,18,19,20);1H. The molecule has 2 heterocycles. The van der Waals surface area contributed by atoms with Crippen molar-refractivity contribution in [2.75, 3.05) is 7.05 Å². The van der Waals surface area contributed by atoms with Gasteiger partial charge < -0.3 is 15.2 Å². The number of fused-ring (bicyclic) bond motifs is 1. The van der Waals surface area contributed by atoms with Gasteiger partial charge in [0.05, 0.1) is 6.54 Å². The van der Waals surface area contributed by atoms with Crippen LogP contribution in [0.4, 0.5) is 0 Å². The van der Waals surface area contributed by atoms with E-state index in [0.717, 1.165) is 41.2 Å². The first-order valence-corrected chi connectivity index (χ1v) is 8.24. The van der Waals surface area contributed by atoms with E-state index >= 15 is 0 Å². The highest BCUT2D eigenvalue weighted by Gasteiger charge is 2.15. The van der Waals surface area contributed by atoms with Gasteiger partial charge in [-0.3, -0.25) is 4.99 Å². The molecule has 1 aliphatic rings. The number of aryl methyl sites for hydroxylation is 1. The molecule has 0 bridgehead atoms. The third kappa shape index (κ3) is 4.83. The van der Waals surface area contributed by atoms with Crippen molar-refractivity contribution in [1.29, 1.82) is 0 Å². The van der Waals surface area contributed by atoms with E-state index in [2.05, 4.69) is 30.4 Å². The number of aliphatic imine (C=N–C) groups is 1. The van der Waals surface area contributed by atoms with Crippen LogP contribution in [-0.2, 0) is 26.1 Å². The minimum atomic E-state index is 0. The van der Waals surface area contributed by atoms with Gasteiger partial charge in [0.25, 0.3) is 0 Å². The van der Waals surface area contributed by atoms with Crippen molar-refractivity contribution in [3.8, 4) is 0 Å². The van der Waals surface area contributed by atoms with Crippen LogP contribution in [-0.4, -0.2) is 27.8 Å². The Morgan fingerprint density at radius 2 is 1.92 bits per heavy atom. The lowest BCUT2D eigenvalue weighted by molar-refractivity contribution is 0.504. The molecule has 1 aromatic heterocycles. The summed E-state index contributed by atoms with van der Waals surface area (Å²) < 4.78 is 2.21. The smallest absolute Gasteiger partial charge is 0.191 e. The van der Waals surface area contributed by atoms with Crippen molar-refractivity contribution in [2.24, 2.45) is 4.99 Å². The summed E-state index contributed by atoms with van der Waals surface area (Å²) in [5.74, 6) is 2.81. The Bertz CT molecular complexity index is 682. The van der Waals surface area contributed by atoms with E-state index in [0.29, 0.717) is 13.1 Å². The third-order valence-corrected chi connectivity index (χ3v) is 4.20. The number of nitrogens with one attached hydrogen (secondary N) is 2. The highest BCUT2D eigenvalue weighted by Crippen LogP contribution is 2.14. The molecule has 3 rings (SSSR count). The highest BCUT2D eigenvalue weighted by molar-refractivity contribution is 14.0. The summed E-state index contributed by atoms with van der Waals surface area (Å²) in [6.45, 7) is 2.32. The summed E-state index contributed by atoms with van der Waals surface area (Å²) in [7, 11) is 1.76. The molecule has 0 saturated carbocycles. The fraction of sp³-hybridized carbons (Fsp3) is 0.438. The number of nitrogens with zero attached hydrogens (tertiary/aromatic N) is 4. The summed E-state index contributed by atoms with van der Waals surface area (Å²) in [4.78, 5) is 4.24. The molecule has 0 aliphatic carbocycles. The van der Waals surface area contributed by atoms with Crippen LogP contribution in [0.3, 0.4) is 0 Å². The normalized spacial score (nSPS) is 13.8.